The Balaban J connectivity index is 1.61. The fourth-order valence-corrected chi connectivity index (χ4v) is 4.83. The van der Waals surface area contributed by atoms with Crippen molar-refractivity contribution < 1.29 is 4.74 Å². The fourth-order valence-electron chi connectivity index (χ4n) is 3.65. The van der Waals surface area contributed by atoms with E-state index in [9.17, 15) is 0 Å². The van der Waals surface area contributed by atoms with Crippen LogP contribution in [0.25, 0.3) is 0 Å². The zero-order chi connectivity index (χ0) is 21.6. The number of hydrogen-bond donors (Lipinski definition) is 0. The van der Waals surface area contributed by atoms with Crippen molar-refractivity contribution in [1.29, 1.82) is 0 Å². The molecule has 1 heterocycles. The van der Waals surface area contributed by atoms with Gasteiger partial charge in [0.2, 0.25) is 0 Å². The molecule has 0 spiro atoms. The molecular formula is C27H26N2OS. The molecule has 0 bridgehead atoms. The molecule has 4 heteroatoms. The third-order valence-corrected chi connectivity index (χ3v) is 6.54. The summed E-state index contributed by atoms with van der Waals surface area (Å²) in [6.45, 7) is 4.16. The highest BCUT2D eigenvalue weighted by Gasteiger charge is 2.19. The molecule has 0 N–H and O–H groups in total. The van der Waals surface area contributed by atoms with Gasteiger partial charge in [-0.05, 0) is 48.2 Å². The number of aromatic nitrogens is 2. The molecule has 31 heavy (non-hydrogen) atoms. The maximum atomic E-state index is 5.26. The number of nitrogens with zero attached hydrogens (tertiary/aromatic N) is 2. The Bertz CT molecular complexity index is 1070. The van der Waals surface area contributed by atoms with Gasteiger partial charge in [-0.1, -0.05) is 84.6 Å². The molecular weight excluding hydrogens is 400 g/mol. The van der Waals surface area contributed by atoms with Crippen LogP contribution in [0.15, 0.2) is 90.1 Å². The molecule has 0 atom stereocenters. The standard InChI is InChI=1S/C27H26N2OS/c1-19-25(18-21-14-16-24(30-3)17-15-21)20(2)29-27(28-19)31-26(22-10-6-4-7-11-22)23-12-8-5-9-13-23/h4-17,26H,18H2,1-3H3. The van der Waals surface area contributed by atoms with E-state index in [1.54, 1.807) is 18.9 Å². The molecule has 0 radical (unpaired) electrons. The summed E-state index contributed by atoms with van der Waals surface area (Å²) in [4.78, 5) is 9.76. The Morgan fingerprint density at radius 3 is 1.74 bits per heavy atom. The molecule has 3 nitrogen and oxygen atoms in total. The van der Waals surface area contributed by atoms with Crippen LogP contribution in [0.3, 0.4) is 0 Å². The van der Waals surface area contributed by atoms with Crippen molar-refractivity contribution in [2.24, 2.45) is 0 Å². The quantitative estimate of drug-likeness (QED) is 0.247. The third-order valence-electron chi connectivity index (χ3n) is 5.37. The first-order valence-electron chi connectivity index (χ1n) is 10.4. The Hall–Kier alpha value is -3.11. The molecule has 0 saturated heterocycles. The molecule has 4 aromatic rings. The summed E-state index contributed by atoms with van der Waals surface area (Å²) >= 11 is 1.70. The number of benzene rings is 3. The van der Waals surface area contributed by atoms with Crippen molar-refractivity contribution >= 4 is 11.8 Å². The minimum absolute atomic E-state index is 0.147. The minimum Gasteiger partial charge on any atom is -0.497 e. The van der Waals surface area contributed by atoms with Crippen molar-refractivity contribution in [2.45, 2.75) is 30.7 Å². The molecule has 1 aromatic heterocycles. The highest BCUT2D eigenvalue weighted by Crippen LogP contribution is 2.39. The van der Waals surface area contributed by atoms with E-state index in [-0.39, 0.29) is 5.25 Å². The molecule has 0 amide bonds. The van der Waals surface area contributed by atoms with E-state index in [1.165, 1.54) is 22.3 Å². The van der Waals surface area contributed by atoms with E-state index in [0.29, 0.717) is 0 Å². The van der Waals surface area contributed by atoms with Gasteiger partial charge < -0.3 is 4.74 Å². The highest BCUT2D eigenvalue weighted by atomic mass is 32.2. The van der Waals surface area contributed by atoms with E-state index in [0.717, 1.165) is 28.7 Å². The Morgan fingerprint density at radius 1 is 0.742 bits per heavy atom. The van der Waals surface area contributed by atoms with Crippen molar-refractivity contribution in [2.75, 3.05) is 7.11 Å². The Morgan fingerprint density at radius 2 is 1.26 bits per heavy atom. The summed E-state index contributed by atoms with van der Waals surface area (Å²) in [7, 11) is 1.69. The van der Waals surface area contributed by atoms with Crippen LogP contribution in [0.5, 0.6) is 5.75 Å². The van der Waals surface area contributed by atoms with Gasteiger partial charge in [-0.3, -0.25) is 0 Å². The Kier molecular flexibility index (Phi) is 6.68. The average molecular weight is 427 g/mol. The number of thioether (sulfide) groups is 1. The zero-order valence-corrected chi connectivity index (χ0v) is 18.9. The normalized spacial score (nSPS) is 11.0. The highest BCUT2D eigenvalue weighted by molar-refractivity contribution is 7.99. The first-order chi connectivity index (χ1) is 15.1. The van der Waals surface area contributed by atoms with Crippen LogP contribution >= 0.6 is 11.8 Å². The molecule has 0 unspecified atom stereocenters. The molecule has 0 fully saturated rings. The average Bonchev–Trinajstić information content (AvgIpc) is 2.81. The first-order valence-corrected chi connectivity index (χ1v) is 11.3. The third kappa shape index (κ3) is 5.15. The predicted octanol–water partition coefficient (Wildman–Crippen LogP) is 6.57. The number of rotatable bonds is 7. The summed E-state index contributed by atoms with van der Waals surface area (Å²) < 4.78 is 5.26. The van der Waals surface area contributed by atoms with E-state index >= 15 is 0 Å². The maximum Gasteiger partial charge on any atom is 0.188 e. The second-order valence-corrected chi connectivity index (χ2v) is 8.57. The lowest BCUT2D eigenvalue weighted by Crippen LogP contribution is -2.05. The van der Waals surface area contributed by atoms with E-state index in [1.807, 2.05) is 12.1 Å². The maximum absolute atomic E-state index is 5.26. The second-order valence-electron chi connectivity index (χ2n) is 7.50. The largest absolute Gasteiger partial charge is 0.497 e. The second kappa shape index (κ2) is 9.80. The molecule has 3 aromatic carbocycles. The summed E-state index contributed by atoms with van der Waals surface area (Å²) in [5, 5.41) is 0.958. The van der Waals surface area contributed by atoms with Crippen molar-refractivity contribution in [1.82, 2.24) is 9.97 Å². The monoisotopic (exact) mass is 426 g/mol. The zero-order valence-electron chi connectivity index (χ0n) is 18.1. The number of methoxy groups -OCH3 is 1. The number of hydrogen-bond acceptors (Lipinski definition) is 4. The van der Waals surface area contributed by atoms with Gasteiger partial charge >= 0.3 is 0 Å². The Labute approximate surface area is 188 Å². The van der Waals surface area contributed by atoms with E-state index in [4.69, 9.17) is 14.7 Å². The van der Waals surface area contributed by atoms with Crippen LogP contribution in [0.1, 0.15) is 38.9 Å². The van der Waals surface area contributed by atoms with Crippen LogP contribution in [0.2, 0.25) is 0 Å². The van der Waals surface area contributed by atoms with Gasteiger partial charge in [0.15, 0.2) is 5.16 Å². The lowest BCUT2D eigenvalue weighted by atomic mass is 10.0. The van der Waals surface area contributed by atoms with E-state index in [2.05, 4.69) is 86.6 Å². The van der Waals surface area contributed by atoms with Gasteiger partial charge in [-0.15, -0.1) is 0 Å². The van der Waals surface area contributed by atoms with Crippen molar-refractivity contribution in [3.8, 4) is 5.75 Å². The molecule has 0 aliphatic carbocycles. The molecule has 4 rings (SSSR count). The van der Waals surface area contributed by atoms with Gasteiger partial charge in [0.25, 0.3) is 0 Å². The number of ether oxygens (including phenoxy) is 1. The summed E-state index contributed by atoms with van der Waals surface area (Å²) in [6, 6.07) is 29.3. The lowest BCUT2D eigenvalue weighted by Gasteiger charge is -2.18. The molecule has 0 saturated carbocycles. The van der Waals surface area contributed by atoms with Crippen LogP contribution in [-0.4, -0.2) is 17.1 Å². The number of aryl methyl sites for hydroxylation is 2. The lowest BCUT2D eigenvalue weighted by molar-refractivity contribution is 0.414. The summed E-state index contributed by atoms with van der Waals surface area (Å²) in [5.41, 5.74) is 6.98. The fraction of sp³-hybridized carbons (Fsp3) is 0.185. The first kappa shape index (κ1) is 21.1. The summed E-state index contributed by atoms with van der Waals surface area (Å²) in [5.74, 6) is 0.869. The molecule has 0 aliphatic rings. The topological polar surface area (TPSA) is 35.0 Å². The SMILES string of the molecule is COc1ccc(Cc2c(C)nc(SC(c3ccccc3)c3ccccc3)nc2C)cc1. The van der Waals surface area contributed by atoms with Crippen molar-refractivity contribution in [3.05, 3.63) is 119 Å². The smallest absolute Gasteiger partial charge is 0.188 e. The van der Waals surface area contributed by atoms with Gasteiger partial charge in [-0.2, -0.15) is 0 Å². The van der Waals surface area contributed by atoms with Gasteiger partial charge in [-0.25, -0.2) is 9.97 Å². The minimum atomic E-state index is 0.147. The van der Waals surface area contributed by atoms with Crippen LogP contribution < -0.4 is 4.74 Å². The van der Waals surface area contributed by atoms with Crippen molar-refractivity contribution in [3.63, 3.8) is 0 Å². The molecule has 0 aliphatic heterocycles. The van der Waals surface area contributed by atoms with Gasteiger partial charge in [0, 0.05) is 17.8 Å². The van der Waals surface area contributed by atoms with Crippen LogP contribution in [0, 0.1) is 13.8 Å². The van der Waals surface area contributed by atoms with Gasteiger partial charge in [0.05, 0.1) is 12.4 Å². The van der Waals surface area contributed by atoms with Crippen LogP contribution in [-0.2, 0) is 6.42 Å². The summed E-state index contributed by atoms with van der Waals surface area (Å²) in [6.07, 6.45) is 0.813. The van der Waals surface area contributed by atoms with Gasteiger partial charge in [0.1, 0.15) is 5.75 Å². The predicted molar refractivity (Wildman–Crippen MR) is 128 cm³/mol. The van der Waals surface area contributed by atoms with E-state index < -0.39 is 0 Å². The van der Waals surface area contributed by atoms with Crippen LogP contribution in [0.4, 0.5) is 0 Å². The molecule has 156 valence electrons.